The molecule has 1 aliphatic rings. The zero-order valence-corrected chi connectivity index (χ0v) is 17.2. The Morgan fingerprint density at radius 3 is 2.23 bits per heavy atom. The lowest BCUT2D eigenvalue weighted by Crippen LogP contribution is -2.52. The summed E-state index contributed by atoms with van der Waals surface area (Å²) < 4.78 is 48.9. The summed E-state index contributed by atoms with van der Waals surface area (Å²) in [5.74, 6) is 1.93. The first-order valence-corrected chi connectivity index (χ1v) is 10.0. The normalized spacial score (nSPS) is 14.3. The fraction of sp³-hybridized carbons (Fsp3) is 0.429. The van der Waals surface area contributed by atoms with Gasteiger partial charge in [-0.15, -0.1) is 0 Å². The predicted octanol–water partition coefficient (Wildman–Crippen LogP) is 3.41. The molecule has 0 unspecified atom stereocenters. The average molecular weight is 438 g/mol. The van der Waals surface area contributed by atoms with Gasteiger partial charge < -0.3 is 24.6 Å². The van der Waals surface area contributed by atoms with E-state index in [1.54, 1.807) is 17.0 Å². The number of halogens is 3. The van der Waals surface area contributed by atoms with Crippen molar-refractivity contribution in [2.24, 2.45) is 0 Å². The molecule has 0 bridgehead atoms. The Hall–Kier alpha value is -3.17. The third kappa shape index (κ3) is 6.40. The second-order valence-corrected chi connectivity index (χ2v) is 6.86. The molecule has 1 aromatic heterocycles. The van der Waals surface area contributed by atoms with Gasteiger partial charge >= 0.3 is 12.2 Å². The molecular weight excluding hydrogens is 413 g/mol. The molecule has 168 valence electrons. The van der Waals surface area contributed by atoms with Crippen molar-refractivity contribution in [2.45, 2.75) is 13.1 Å². The van der Waals surface area contributed by atoms with E-state index in [0.29, 0.717) is 57.5 Å². The molecule has 1 N–H and O–H groups in total. The number of nitrogens with one attached hydrogen (secondary N) is 1. The van der Waals surface area contributed by atoms with Crippen LogP contribution in [0.25, 0.3) is 0 Å². The standard InChI is InChI=1S/C21H25F3N4O3/c1-2-30-17-4-6-18(7-5-17)31-14-9-25-20(29)28-12-10-27(11-13-28)19-8-3-16(15-26-19)21(22,23)24/h3-8,15H,2,9-14H2,1H3,(H,25,29). The molecule has 1 saturated heterocycles. The SMILES string of the molecule is CCOc1ccc(OCCNC(=O)N2CCN(c3ccc(C(F)(F)F)cn3)CC2)cc1. The van der Waals surface area contributed by atoms with Crippen LogP contribution in [-0.4, -0.2) is 61.9 Å². The molecule has 0 aliphatic carbocycles. The molecule has 31 heavy (non-hydrogen) atoms. The maximum atomic E-state index is 12.7. The van der Waals surface area contributed by atoms with Crippen LogP contribution in [0.2, 0.25) is 0 Å². The first kappa shape index (κ1) is 22.5. The number of anilines is 1. The molecule has 0 saturated carbocycles. The van der Waals surface area contributed by atoms with Crippen LogP contribution in [0.4, 0.5) is 23.8 Å². The van der Waals surface area contributed by atoms with Crippen molar-refractivity contribution in [2.75, 3.05) is 50.8 Å². The van der Waals surface area contributed by atoms with Crippen molar-refractivity contribution in [1.29, 1.82) is 0 Å². The Balaban J connectivity index is 1.37. The molecule has 3 rings (SSSR count). The van der Waals surface area contributed by atoms with Gasteiger partial charge in [0, 0.05) is 32.4 Å². The topological polar surface area (TPSA) is 66.9 Å². The lowest BCUT2D eigenvalue weighted by Gasteiger charge is -2.35. The molecule has 0 spiro atoms. The van der Waals surface area contributed by atoms with Gasteiger partial charge in [0.15, 0.2) is 0 Å². The number of amides is 2. The van der Waals surface area contributed by atoms with Crippen molar-refractivity contribution in [3.05, 3.63) is 48.2 Å². The fourth-order valence-electron chi connectivity index (χ4n) is 3.12. The molecule has 2 amide bonds. The fourth-order valence-corrected chi connectivity index (χ4v) is 3.12. The number of alkyl halides is 3. The van der Waals surface area contributed by atoms with Crippen LogP contribution >= 0.6 is 0 Å². The Labute approximate surface area is 178 Å². The zero-order valence-electron chi connectivity index (χ0n) is 17.2. The Kier molecular flexibility index (Phi) is 7.43. The maximum Gasteiger partial charge on any atom is 0.417 e. The molecule has 0 radical (unpaired) electrons. The molecule has 2 aromatic rings. The highest BCUT2D eigenvalue weighted by Crippen LogP contribution is 2.29. The monoisotopic (exact) mass is 438 g/mol. The number of carbonyl (C=O) groups is 1. The summed E-state index contributed by atoms with van der Waals surface area (Å²) in [6, 6.07) is 9.44. The minimum Gasteiger partial charge on any atom is -0.494 e. The quantitative estimate of drug-likeness (QED) is 0.672. The van der Waals surface area contributed by atoms with E-state index >= 15 is 0 Å². The van der Waals surface area contributed by atoms with Gasteiger partial charge in [0.2, 0.25) is 0 Å². The molecule has 7 nitrogen and oxygen atoms in total. The summed E-state index contributed by atoms with van der Waals surface area (Å²) in [5, 5.41) is 2.81. The number of rotatable bonds is 7. The van der Waals surface area contributed by atoms with Crippen molar-refractivity contribution < 1.29 is 27.4 Å². The summed E-state index contributed by atoms with van der Waals surface area (Å²) in [6.07, 6.45) is -3.57. The van der Waals surface area contributed by atoms with Gasteiger partial charge in [-0.3, -0.25) is 0 Å². The highest BCUT2D eigenvalue weighted by molar-refractivity contribution is 5.74. The van der Waals surface area contributed by atoms with Crippen molar-refractivity contribution in [3.8, 4) is 11.5 Å². The highest BCUT2D eigenvalue weighted by Gasteiger charge is 2.31. The molecule has 1 fully saturated rings. The number of piperazine rings is 1. The number of hydrogen-bond donors (Lipinski definition) is 1. The lowest BCUT2D eigenvalue weighted by molar-refractivity contribution is -0.137. The van der Waals surface area contributed by atoms with Crippen LogP contribution in [0.3, 0.4) is 0 Å². The number of hydrogen-bond acceptors (Lipinski definition) is 5. The second-order valence-electron chi connectivity index (χ2n) is 6.86. The average Bonchev–Trinajstić information content (AvgIpc) is 2.77. The van der Waals surface area contributed by atoms with Crippen molar-refractivity contribution >= 4 is 11.8 Å². The Morgan fingerprint density at radius 2 is 1.68 bits per heavy atom. The molecule has 10 heteroatoms. The van der Waals surface area contributed by atoms with Gasteiger partial charge in [-0.25, -0.2) is 9.78 Å². The Bertz CT molecular complexity index is 836. The summed E-state index contributed by atoms with van der Waals surface area (Å²) in [5.41, 5.74) is -0.776. The minimum atomic E-state index is -4.40. The van der Waals surface area contributed by atoms with Gasteiger partial charge in [0.25, 0.3) is 0 Å². The van der Waals surface area contributed by atoms with E-state index < -0.39 is 11.7 Å². The van der Waals surface area contributed by atoms with E-state index in [1.807, 2.05) is 24.0 Å². The molecule has 1 aromatic carbocycles. The maximum absolute atomic E-state index is 12.7. The smallest absolute Gasteiger partial charge is 0.417 e. The van der Waals surface area contributed by atoms with Crippen LogP contribution in [-0.2, 0) is 6.18 Å². The zero-order chi connectivity index (χ0) is 22.3. The number of urea groups is 1. The largest absolute Gasteiger partial charge is 0.494 e. The third-order valence-electron chi connectivity index (χ3n) is 4.75. The summed E-state index contributed by atoms with van der Waals surface area (Å²) in [7, 11) is 0. The molecular formula is C21H25F3N4O3. The van der Waals surface area contributed by atoms with Crippen LogP contribution < -0.4 is 19.7 Å². The van der Waals surface area contributed by atoms with Crippen LogP contribution in [0.15, 0.2) is 42.6 Å². The van der Waals surface area contributed by atoms with Gasteiger partial charge in [-0.2, -0.15) is 13.2 Å². The van der Waals surface area contributed by atoms with E-state index in [1.165, 1.54) is 6.07 Å². The number of aromatic nitrogens is 1. The van der Waals surface area contributed by atoms with Crippen molar-refractivity contribution in [1.82, 2.24) is 15.2 Å². The van der Waals surface area contributed by atoms with E-state index in [0.717, 1.165) is 18.0 Å². The first-order chi connectivity index (χ1) is 14.9. The third-order valence-corrected chi connectivity index (χ3v) is 4.75. The van der Waals surface area contributed by atoms with Gasteiger partial charge in [-0.05, 0) is 43.3 Å². The van der Waals surface area contributed by atoms with E-state index in [-0.39, 0.29) is 6.03 Å². The van der Waals surface area contributed by atoms with Crippen LogP contribution in [0.1, 0.15) is 12.5 Å². The number of pyridine rings is 1. The van der Waals surface area contributed by atoms with Gasteiger partial charge in [-0.1, -0.05) is 0 Å². The van der Waals surface area contributed by atoms with E-state index in [2.05, 4.69) is 10.3 Å². The summed E-state index contributed by atoms with van der Waals surface area (Å²) >= 11 is 0. The summed E-state index contributed by atoms with van der Waals surface area (Å²) in [4.78, 5) is 19.7. The molecule has 0 atom stereocenters. The van der Waals surface area contributed by atoms with E-state index in [9.17, 15) is 18.0 Å². The lowest BCUT2D eigenvalue weighted by atomic mass is 10.2. The van der Waals surface area contributed by atoms with Gasteiger partial charge in [0.1, 0.15) is 23.9 Å². The predicted molar refractivity (Wildman–Crippen MR) is 110 cm³/mol. The highest BCUT2D eigenvalue weighted by atomic mass is 19.4. The number of nitrogens with zero attached hydrogens (tertiary/aromatic N) is 3. The molecule has 2 heterocycles. The number of carbonyl (C=O) groups excluding carboxylic acids is 1. The Morgan fingerprint density at radius 1 is 1.03 bits per heavy atom. The number of ether oxygens (including phenoxy) is 2. The summed E-state index contributed by atoms with van der Waals surface area (Å²) in [6.45, 7) is 5.09. The van der Waals surface area contributed by atoms with Crippen molar-refractivity contribution in [3.63, 3.8) is 0 Å². The van der Waals surface area contributed by atoms with Gasteiger partial charge in [0.05, 0.1) is 18.7 Å². The minimum absolute atomic E-state index is 0.199. The second kappa shape index (κ2) is 10.2. The van der Waals surface area contributed by atoms with Crippen LogP contribution in [0, 0.1) is 0 Å². The van der Waals surface area contributed by atoms with E-state index in [4.69, 9.17) is 9.47 Å². The molecule has 1 aliphatic heterocycles. The first-order valence-electron chi connectivity index (χ1n) is 10.0. The van der Waals surface area contributed by atoms with Crippen LogP contribution in [0.5, 0.6) is 11.5 Å². The number of benzene rings is 1.